The largest absolute Gasteiger partial charge is 0.371 e. The summed E-state index contributed by atoms with van der Waals surface area (Å²) in [7, 11) is 2.00. The number of nitrogens with two attached hydrogens (primary N) is 2. The maximum atomic E-state index is 11.7. The first-order valence-corrected chi connectivity index (χ1v) is 7.45. The molecule has 4 N–H and O–H groups in total. The van der Waals surface area contributed by atoms with Gasteiger partial charge in [0.05, 0.1) is 16.3 Å². The van der Waals surface area contributed by atoms with Crippen molar-refractivity contribution in [3.63, 3.8) is 0 Å². The lowest BCUT2D eigenvalue weighted by molar-refractivity contribution is 0.100. The minimum absolute atomic E-state index is 0.338. The molecule has 1 amide bonds. The second-order valence-electron chi connectivity index (χ2n) is 5.46. The van der Waals surface area contributed by atoms with Crippen molar-refractivity contribution in [2.75, 3.05) is 18.5 Å². The molecule has 0 radical (unpaired) electrons. The number of carbonyl (C=O) groups is 1. The zero-order chi connectivity index (χ0) is 14.7. The number of rotatable bonds is 4. The van der Waals surface area contributed by atoms with Crippen LogP contribution in [-0.4, -0.2) is 25.5 Å². The second kappa shape index (κ2) is 6.46. The molecule has 1 fully saturated rings. The van der Waals surface area contributed by atoms with E-state index in [1.165, 1.54) is 12.8 Å². The Bertz CT molecular complexity index is 492. The van der Waals surface area contributed by atoms with E-state index in [9.17, 15) is 4.79 Å². The molecule has 0 heterocycles. The molecule has 2 atom stereocenters. The van der Waals surface area contributed by atoms with Crippen LogP contribution in [0.15, 0.2) is 18.2 Å². The molecule has 2 unspecified atom stereocenters. The molecule has 0 spiro atoms. The van der Waals surface area contributed by atoms with Gasteiger partial charge in [-0.05, 0) is 37.4 Å². The number of hydrogen-bond acceptors (Lipinski definition) is 3. The van der Waals surface area contributed by atoms with Crippen molar-refractivity contribution in [3.05, 3.63) is 28.8 Å². The third-order valence-electron chi connectivity index (χ3n) is 4.29. The van der Waals surface area contributed by atoms with Crippen molar-refractivity contribution in [3.8, 4) is 0 Å². The Morgan fingerprint density at radius 1 is 1.40 bits per heavy atom. The maximum Gasteiger partial charge on any atom is 0.252 e. The highest BCUT2D eigenvalue weighted by Crippen LogP contribution is 2.33. The van der Waals surface area contributed by atoms with E-state index in [4.69, 9.17) is 23.1 Å². The van der Waals surface area contributed by atoms with Crippen LogP contribution in [0.2, 0.25) is 5.02 Å². The summed E-state index contributed by atoms with van der Waals surface area (Å²) in [5.74, 6) is -0.0361. The first-order chi connectivity index (χ1) is 9.56. The first-order valence-electron chi connectivity index (χ1n) is 7.07. The number of anilines is 1. The fourth-order valence-electron chi connectivity index (χ4n) is 3.20. The predicted molar refractivity (Wildman–Crippen MR) is 83.2 cm³/mol. The van der Waals surface area contributed by atoms with Gasteiger partial charge >= 0.3 is 0 Å². The van der Waals surface area contributed by atoms with Crippen LogP contribution in [-0.2, 0) is 0 Å². The lowest BCUT2D eigenvalue weighted by atomic mass is 9.83. The third-order valence-corrected chi connectivity index (χ3v) is 4.60. The van der Waals surface area contributed by atoms with Crippen molar-refractivity contribution in [1.29, 1.82) is 0 Å². The summed E-state index contributed by atoms with van der Waals surface area (Å²) in [5.41, 5.74) is 12.6. The maximum absolute atomic E-state index is 11.7. The minimum Gasteiger partial charge on any atom is -0.371 e. The van der Waals surface area contributed by atoms with Crippen LogP contribution in [0, 0.1) is 5.92 Å². The van der Waals surface area contributed by atoms with Crippen molar-refractivity contribution < 1.29 is 4.79 Å². The molecule has 0 saturated heterocycles. The summed E-state index contributed by atoms with van der Waals surface area (Å²) in [5, 5.41) is 0.405. The lowest BCUT2D eigenvalue weighted by Gasteiger charge is -2.39. The average molecular weight is 296 g/mol. The van der Waals surface area contributed by atoms with Crippen LogP contribution < -0.4 is 16.4 Å². The van der Waals surface area contributed by atoms with Gasteiger partial charge in [0.25, 0.3) is 5.91 Å². The molecule has 2 rings (SSSR count). The highest BCUT2D eigenvalue weighted by Gasteiger charge is 2.29. The second-order valence-corrected chi connectivity index (χ2v) is 5.86. The van der Waals surface area contributed by atoms with Gasteiger partial charge in [-0.3, -0.25) is 4.79 Å². The molecular weight excluding hydrogens is 274 g/mol. The zero-order valence-electron chi connectivity index (χ0n) is 11.8. The highest BCUT2D eigenvalue weighted by molar-refractivity contribution is 6.34. The van der Waals surface area contributed by atoms with E-state index in [0.29, 0.717) is 29.1 Å². The molecule has 1 aliphatic carbocycles. The number of nitrogens with zero attached hydrogens (tertiary/aromatic N) is 1. The van der Waals surface area contributed by atoms with E-state index < -0.39 is 5.91 Å². The highest BCUT2D eigenvalue weighted by atomic mass is 35.5. The Balaban J connectivity index is 2.35. The third kappa shape index (κ3) is 2.91. The van der Waals surface area contributed by atoms with Gasteiger partial charge in [-0.25, -0.2) is 0 Å². The molecule has 4 nitrogen and oxygen atoms in total. The molecule has 1 aromatic carbocycles. The van der Waals surface area contributed by atoms with Crippen LogP contribution in [0.4, 0.5) is 5.69 Å². The Hall–Kier alpha value is -1.26. The van der Waals surface area contributed by atoms with Crippen LogP contribution in [0.1, 0.15) is 36.0 Å². The molecule has 1 aromatic rings. The monoisotopic (exact) mass is 295 g/mol. The predicted octanol–water partition coefficient (Wildman–Crippen LogP) is 2.39. The van der Waals surface area contributed by atoms with Crippen LogP contribution in [0.25, 0.3) is 0 Å². The standard InChI is InChI=1S/C15H22ClN3O/c1-19(12-7-3-2-5-10(12)9-17)13-8-4-6-11(16)14(13)15(18)20/h4,6,8,10,12H,2-3,5,7,9,17H2,1H3,(H2,18,20). The quantitative estimate of drug-likeness (QED) is 0.896. The lowest BCUT2D eigenvalue weighted by Crippen LogP contribution is -2.43. The van der Waals surface area contributed by atoms with Crippen molar-refractivity contribution in [2.24, 2.45) is 17.4 Å². The minimum atomic E-state index is -0.488. The Morgan fingerprint density at radius 3 is 2.75 bits per heavy atom. The van der Waals surface area contributed by atoms with E-state index in [1.807, 2.05) is 19.2 Å². The number of halogens is 1. The summed E-state index contributed by atoms with van der Waals surface area (Å²) in [4.78, 5) is 13.8. The zero-order valence-corrected chi connectivity index (χ0v) is 12.6. The number of primary amides is 1. The van der Waals surface area contributed by atoms with Gasteiger partial charge in [0.1, 0.15) is 0 Å². The van der Waals surface area contributed by atoms with Crippen LogP contribution in [0.5, 0.6) is 0 Å². The van der Waals surface area contributed by atoms with Crippen LogP contribution >= 0.6 is 11.6 Å². The van der Waals surface area contributed by atoms with Gasteiger partial charge in [-0.2, -0.15) is 0 Å². The van der Waals surface area contributed by atoms with Crippen molar-refractivity contribution >= 4 is 23.2 Å². The van der Waals surface area contributed by atoms with Crippen molar-refractivity contribution in [1.82, 2.24) is 0 Å². The van der Waals surface area contributed by atoms with Crippen molar-refractivity contribution in [2.45, 2.75) is 31.7 Å². The van der Waals surface area contributed by atoms with Gasteiger partial charge in [-0.15, -0.1) is 0 Å². The van der Waals surface area contributed by atoms with Gasteiger partial charge in [-0.1, -0.05) is 30.5 Å². The topological polar surface area (TPSA) is 72.3 Å². The smallest absolute Gasteiger partial charge is 0.252 e. The van der Waals surface area contributed by atoms with Gasteiger partial charge in [0.15, 0.2) is 0 Å². The normalized spacial score (nSPS) is 22.6. The Morgan fingerprint density at radius 2 is 2.10 bits per heavy atom. The fraction of sp³-hybridized carbons (Fsp3) is 0.533. The molecule has 1 aliphatic rings. The summed E-state index contributed by atoms with van der Waals surface area (Å²) >= 11 is 6.13. The average Bonchev–Trinajstić information content (AvgIpc) is 2.45. The van der Waals surface area contributed by atoms with Gasteiger partial charge in [0.2, 0.25) is 0 Å². The number of amides is 1. The van der Waals surface area contributed by atoms with E-state index in [1.54, 1.807) is 6.07 Å². The molecule has 1 saturated carbocycles. The number of carbonyl (C=O) groups excluding carboxylic acids is 1. The summed E-state index contributed by atoms with van der Waals surface area (Å²) in [6.07, 6.45) is 4.64. The van der Waals surface area contributed by atoms with E-state index >= 15 is 0 Å². The molecular formula is C15H22ClN3O. The number of hydrogen-bond donors (Lipinski definition) is 2. The summed E-state index contributed by atoms with van der Waals surface area (Å²) < 4.78 is 0. The fourth-order valence-corrected chi connectivity index (χ4v) is 3.46. The number of benzene rings is 1. The molecule has 20 heavy (non-hydrogen) atoms. The Labute approximate surface area is 125 Å². The summed E-state index contributed by atoms with van der Waals surface area (Å²) in [6, 6.07) is 5.78. The van der Waals surface area contributed by atoms with Gasteiger partial charge in [0, 0.05) is 13.1 Å². The Kier molecular flexibility index (Phi) is 4.89. The summed E-state index contributed by atoms with van der Waals surface area (Å²) in [6.45, 7) is 0.668. The molecule has 0 aromatic heterocycles. The molecule has 110 valence electrons. The molecule has 5 heteroatoms. The van der Waals surface area contributed by atoms with E-state index in [2.05, 4.69) is 4.90 Å². The van der Waals surface area contributed by atoms with E-state index in [0.717, 1.165) is 18.5 Å². The molecule has 0 bridgehead atoms. The molecule has 0 aliphatic heterocycles. The SMILES string of the molecule is CN(c1cccc(Cl)c1C(N)=O)C1CCCCC1CN. The van der Waals surface area contributed by atoms with Crippen LogP contribution in [0.3, 0.4) is 0 Å². The first kappa shape index (κ1) is 15.1. The van der Waals surface area contributed by atoms with Gasteiger partial charge < -0.3 is 16.4 Å². The van der Waals surface area contributed by atoms with E-state index in [-0.39, 0.29) is 0 Å².